The summed E-state index contributed by atoms with van der Waals surface area (Å²) in [6, 6.07) is 16.0. The lowest BCUT2D eigenvalue weighted by Gasteiger charge is -2.15. The van der Waals surface area contributed by atoms with Gasteiger partial charge in [0, 0.05) is 35.6 Å². The summed E-state index contributed by atoms with van der Waals surface area (Å²) in [5.74, 6) is -0.453. The van der Waals surface area contributed by atoms with Gasteiger partial charge in [0.2, 0.25) is 5.91 Å². The van der Waals surface area contributed by atoms with E-state index in [1.807, 2.05) is 36.4 Å². The monoisotopic (exact) mass is 372 g/mol. The molecule has 1 aliphatic heterocycles. The zero-order chi connectivity index (χ0) is 19.5. The number of hydrogen-bond donors (Lipinski definition) is 1. The first-order valence-corrected chi connectivity index (χ1v) is 9.66. The number of amides is 1. The molecule has 4 rings (SSSR count). The average molecular weight is 372 g/mol. The van der Waals surface area contributed by atoms with E-state index in [0.717, 1.165) is 47.4 Å². The van der Waals surface area contributed by atoms with Gasteiger partial charge in [-0.3, -0.25) is 14.8 Å². The summed E-state index contributed by atoms with van der Waals surface area (Å²) in [6.07, 6.45) is 4.65. The topological polar surface area (TPSA) is 57.6 Å². The number of benzene rings is 2. The lowest BCUT2D eigenvalue weighted by atomic mass is 9.97. The number of rotatable bonds is 6. The first kappa shape index (κ1) is 18.3. The number of carbonyl (C=O) groups is 1. The number of aliphatic imine (C=N–C) groups is 1. The van der Waals surface area contributed by atoms with Crippen molar-refractivity contribution < 1.29 is 4.79 Å². The van der Waals surface area contributed by atoms with Crippen molar-refractivity contribution in [2.24, 2.45) is 4.99 Å². The Balaban J connectivity index is 1.56. The third-order valence-corrected chi connectivity index (χ3v) is 5.04. The molecular weight excluding hydrogens is 348 g/mol. The van der Waals surface area contributed by atoms with Crippen LogP contribution in [0.3, 0.4) is 0 Å². The van der Waals surface area contributed by atoms with Gasteiger partial charge in [-0.2, -0.15) is 0 Å². The average Bonchev–Trinajstić information content (AvgIpc) is 3.03. The summed E-state index contributed by atoms with van der Waals surface area (Å²) in [6.45, 7) is 4.19. The fraction of sp³-hybridized carbons (Fsp3) is 0.261. The number of hydrogen-bond acceptors (Lipinski definition) is 4. The molecule has 0 spiro atoms. The van der Waals surface area contributed by atoms with Gasteiger partial charge in [-0.15, -0.1) is 0 Å². The van der Waals surface area contributed by atoms with Crippen LogP contribution >= 0.6 is 0 Å². The number of nitrogens with zero attached hydrogens (tertiary/aromatic N) is 3. The number of fused-ring (bicyclic) bond motifs is 3. The summed E-state index contributed by atoms with van der Waals surface area (Å²) in [5, 5.41) is 3.94. The molecular formula is C23H24N4O. The second-order valence-electron chi connectivity index (χ2n) is 7.25. The van der Waals surface area contributed by atoms with Crippen LogP contribution in [0.25, 0.3) is 10.9 Å². The van der Waals surface area contributed by atoms with Gasteiger partial charge in [-0.05, 0) is 55.9 Å². The van der Waals surface area contributed by atoms with Crippen molar-refractivity contribution in [2.75, 3.05) is 18.9 Å². The Morgan fingerprint density at radius 1 is 1.18 bits per heavy atom. The Morgan fingerprint density at radius 2 is 2.00 bits per heavy atom. The molecule has 0 saturated heterocycles. The van der Waals surface area contributed by atoms with Crippen molar-refractivity contribution in [1.82, 2.24) is 9.88 Å². The van der Waals surface area contributed by atoms with Crippen LogP contribution in [-0.4, -0.2) is 35.6 Å². The van der Waals surface area contributed by atoms with E-state index in [-0.39, 0.29) is 5.91 Å². The smallest absolute Gasteiger partial charge is 0.237 e. The van der Waals surface area contributed by atoms with Gasteiger partial charge in [0.05, 0.1) is 11.2 Å². The Morgan fingerprint density at radius 3 is 2.79 bits per heavy atom. The molecule has 0 aliphatic carbocycles. The van der Waals surface area contributed by atoms with Crippen molar-refractivity contribution in [1.29, 1.82) is 0 Å². The van der Waals surface area contributed by atoms with Gasteiger partial charge in [0.15, 0.2) is 0 Å². The molecule has 0 bridgehead atoms. The van der Waals surface area contributed by atoms with Crippen LogP contribution < -0.4 is 5.32 Å². The summed E-state index contributed by atoms with van der Waals surface area (Å²) in [4.78, 5) is 23.8. The van der Waals surface area contributed by atoms with E-state index >= 15 is 0 Å². The molecule has 2 aromatic carbocycles. The Bertz CT molecular complexity index is 1030. The Labute approximate surface area is 165 Å². The molecule has 2 heterocycles. The highest BCUT2D eigenvalue weighted by atomic mass is 16.2. The number of nitrogens with one attached hydrogen (secondary N) is 1. The van der Waals surface area contributed by atoms with E-state index in [4.69, 9.17) is 0 Å². The Hall–Kier alpha value is -3.05. The third-order valence-electron chi connectivity index (χ3n) is 5.04. The zero-order valence-corrected chi connectivity index (χ0v) is 16.2. The largest absolute Gasteiger partial charge is 0.325 e. The molecule has 142 valence electrons. The fourth-order valence-electron chi connectivity index (χ4n) is 3.72. The van der Waals surface area contributed by atoms with Gasteiger partial charge < -0.3 is 10.2 Å². The summed E-state index contributed by atoms with van der Waals surface area (Å²) < 4.78 is 0. The number of anilines is 1. The van der Waals surface area contributed by atoms with E-state index in [1.165, 1.54) is 5.56 Å². The van der Waals surface area contributed by atoms with E-state index in [1.54, 1.807) is 12.4 Å². The summed E-state index contributed by atoms with van der Waals surface area (Å²) >= 11 is 0. The lowest BCUT2D eigenvalue weighted by molar-refractivity contribution is -0.115. The van der Waals surface area contributed by atoms with Crippen molar-refractivity contribution in [2.45, 2.75) is 25.8 Å². The van der Waals surface area contributed by atoms with E-state index in [9.17, 15) is 4.79 Å². The molecule has 1 unspecified atom stereocenters. The van der Waals surface area contributed by atoms with E-state index in [2.05, 4.69) is 46.3 Å². The minimum absolute atomic E-state index is 0.0482. The third kappa shape index (κ3) is 3.66. The zero-order valence-electron chi connectivity index (χ0n) is 16.2. The van der Waals surface area contributed by atoms with Crippen molar-refractivity contribution in [3.8, 4) is 0 Å². The first-order valence-electron chi connectivity index (χ1n) is 9.66. The van der Waals surface area contributed by atoms with Gasteiger partial charge in [0.25, 0.3) is 0 Å². The number of aromatic nitrogens is 1. The van der Waals surface area contributed by atoms with Crippen molar-refractivity contribution >= 4 is 34.4 Å². The predicted molar refractivity (Wildman–Crippen MR) is 114 cm³/mol. The van der Waals surface area contributed by atoms with Crippen LogP contribution in [-0.2, 0) is 11.3 Å². The van der Waals surface area contributed by atoms with Crippen molar-refractivity contribution in [3.05, 3.63) is 65.9 Å². The molecule has 1 N–H and O–H groups in total. The Kier molecular flexibility index (Phi) is 5.17. The van der Waals surface area contributed by atoms with E-state index < -0.39 is 5.92 Å². The molecule has 5 heteroatoms. The first-order chi connectivity index (χ1) is 13.7. The maximum atomic E-state index is 12.5. The van der Waals surface area contributed by atoms with Gasteiger partial charge >= 0.3 is 0 Å². The molecule has 0 radical (unpaired) electrons. The van der Waals surface area contributed by atoms with Gasteiger partial charge in [-0.1, -0.05) is 25.1 Å². The van der Waals surface area contributed by atoms with Crippen LogP contribution in [0.15, 0.2) is 59.7 Å². The van der Waals surface area contributed by atoms with Crippen LogP contribution in [0.2, 0.25) is 0 Å². The van der Waals surface area contributed by atoms with Crippen LogP contribution in [0, 0.1) is 0 Å². The second kappa shape index (κ2) is 7.90. The van der Waals surface area contributed by atoms with Gasteiger partial charge in [-0.25, -0.2) is 0 Å². The van der Waals surface area contributed by atoms with Crippen LogP contribution in [0.1, 0.15) is 30.4 Å². The molecule has 5 nitrogen and oxygen atoms in total. The second-order valence-corrected chi connectivity index (χ2v) is 7.25. The minimum atomic E-state index is -0.404. The lowest BCUT2D eigenvalue weighted by Crippen LogP contribution is -2.18. The minimum Gasteiger partial charge on any atom is -0.325 e. The van der Waals surface area contributed by atoms with Crippen LogP contribution in [0.4, 0.5) is 11.4 Å². The molecule has 1 atom stereocenters. The van der Waals surface area contributed by atoms with Crippen molar-refractivity contribution in [3.63, 3.8) is 0 Å². The fourth-order valence-corrected chi connectivity index (χ4v) is 3.72. The maximum Gasteiger partial charge on any atom is 0.237 e. The van der Waals surface area contributed by atoms with Crippen LogP contribution in [0.5, 0.6) is 0 Å². The highest BCUT2D eigenvalue weighted by molar-refractivity contribution is 6.16. The molecule has 1 aliphatic rings. The summed E-state index contributed by atoms with van der Waals surface area (Å²) in [7, 11) is 2.13. The maximum absolute atomic E-state index is 12.5. The predicted octanol–water partition coefficient (Wildman–Crippen LogP) is 4.51. The molecule has 1 amide bonds. The summed E-state index contributed by atoms with van der Waals surface area (Å²) in [5.41, 5.74) is 4.79. The van der Waals surface area contributed by atoms with E-state index in [0.29, 0.717) is 0 Å². The SMILES string of the molecule is CCCN(C)Cc1ccc(N=CC2C(=O)Nc3ccc4ncccc4c32)cc1. The highest BCUT2D eigenvalue weighted by Gasteiger charge is 2.31. The normalized spacial score (nSPS) is 16.1. The van der Waals surface area contributed by atoms with Gasteiger partial charge in [0.1, 0.15) is 5.92 Å². The molecule has 0 fully saturated rings. The molecule has 28 heavy (non-hydrogen) atoms. The standard InChI is InChI=1S/C23H24N4O/c1-3-13-27(2)15-16-6-8-17(9-7-16)25-14-19-22-18-5-4-12-24-20(18)10-11-21(22)26-23(19)28/h4-12,14,19H,3,13,15H2,1-2H3,(H,26,28). The highest BCUT2D eigenvalue weighted by Crippen LogP contribution is 2.37. The molecule has 3 aromatic rings. The molecule has 0 saturated carbocycles. The quantitative estimate of drug-likeness (QED) is 0.648. The number of pyridine rings is 1. The molecule has 1 aromatic heterocycles. The number of carbonyl (C=O) groups excluding carboxylic acids is 1.